The van der Waals surface area contributed by atoms with Gasteiger partial charge in [0.1, 0.15) is 0 Å². The molecule has 6 heteroatoms. The van der Waals surface area contributed by atoms with Crippen molar-refractivity contribution in [3.05, 3.63) is 47.8 Å². The second-order valence-corrected chi connectivity index (χ2v) is 10.7. The highest BCUT2D eigenvalue weighted by Gasteiger charge is 2.38. The normalized spacial score (nSPS) is 22.8. The van der Waals surface area contributed by atoms with Crippen LogP contribution in [-0.2, 0) is 29.3 Å². The number of aryl methyl sites for hydroxylation is 1. The van der Waals surface area contributed by atoms with E-state index in [1.807, 2.05) is 22.8 Å². The third kappa shape index (κ3) is 3.69. The molecule has 2 aliphatic rings. The summed E-state index contributed by atoms with van der Waals surface area (Å²) in [4.78, 5) is 6.90. The summed E-state index contributed by atoms with van der Waals surface area (Å²) in [5.74, 6) is 0.828. The maximum Gasteiger partial charge on any atom is 0.228 e. The standard InChI is InChI=1S/C21H29N3O2S/c1-16(2)27(25,26)21-22-13-20(15-23-14-18-8-9-19(23)12-18)24(21)11-10-17-6-4-3-5-7-17/h3-7,13,16,18-19H,8-12,14-15H2,1-2H3/t18-,19-/m0/s1. The van der Waals surface area contributed by atoms with Crippen LogP contribution in [0, 0.1) is 5.92 Å². The molecule has 1 aliphatic heterocycles. The molecule has 2 bridgehead atoms. The Morgan fingerprint density at radius 1 is 1.19 bits per heavy atom. The summed E-state index contributed by atoms with van der Waals surface area (Å²) in [6.45, 7) is 6.04. The molecular weight excluding hydrogens is 358 g/mol. The number of benzene rings is 1. The molecule has 1 aromatic heterocycles. The van der Waals surface area contributed by atoms with E-state index in [-0.39, 0.29) is 5.16 Å². The number of likely N-dealkylation sites (tertiary alicyclic amines) is 1. The van der Waals surface area contributed by atoms with E-state index in [0.29, 0.717) is 12.6 Å². The van der Waals surface area contributed by atoms with E-state index in [4.69, 9.17) is 0 Å². The number of imidazole rings is 1. The van der Waals surface area contributed by atoms with E-state index in [1.54, 1.807) is 20.0 Å². The Morgan fingerprint density at radius 3 is 2.59 bits per heavy atom. The van der Waals surface area contributed by atoms with Gasteiger partial charge in [-0.05, 0) is 51.0 Å². The summed E-state index contributed by atoms with van der Waals surface area (Å²) >= 11 is 0. The summed E-state index contributed by atoms with van der Waals surface area (Å²) < 4.78 is 27.6. The molecule has 1 saturated carbocycles. The number of rotatable bonds is 7. The van der Waals surface area contributed by atoms with Crippen molar-refractivity contribution < 1.29 is 8.42 Å². The Bertz CT molecular complexity index is 889. The first kappa shape index (κ1) is 18.7. The molecule has 2 aromatic rings. The van der Waals surface area contributed by atoms with Gasteiger partial charge in [-0.2, -0.15) is 0 Å². The Hall–Kier alpha value is -1.66. The minimum atomic E-state index is -3.40. The SMILES string of the molecule is CC(C)S(=O)(=O)c1ncc(CN2C[C@H]3CC[C@H]2C3)n1CCc1ccccc1. The van der Waals surface area contributed by atoms with Gasteiger partial charge < -0.3 is 4.57 Å². The quantitative estimate of drug-likeness (QED) is 0.731. The maximum atomic E-state index is 12.8. The van der Waals surface area contributed by atoms with Crippen LogP contribution in [0.1, 0.15) is 44.4 Å². The summed E-state index contributed by atoms with van der Waals surface area (Å²) in [5.41, 5.74) is 2.24. The molecule has 27 heavy (non-hydrogen) atoms. The van der Waals surface area contributed by atoms with Crippen molar-refractivity contribution in [1.82, 2.24) is 14.5 Å². The average Bonchev–Trinajstić information content (AvgIpc) is 3.37. The molecular formula is C21H29N3O2S. The molecule has 146 valence electrons. The van der Waals surface area contributed by atoms with Gasteiger partial charge in [0.05, 0.1) is 17.1 Å². The molecule has 0 spiro atoms. The lowest BCUT2D eigenvalue weighted by Gasteiger charge is -2.27. The first-order valence-electron chi connectivity index (χ1n) is 10.0. The summed E-state index contributed by atoms with van der Waals surface area (Å²) in [7, 11) is -3.40. The predicted molar refractivity (Wildman–Crippen MR) is 106 cm³/mol. The molecule has 0 unspecified atom stereocenters. The second kappa shape index (κ2) is 7.40. The number of hydrogen-bond donors (Lipinski definition) is 0. The molecule has 2 fully saturated rings. The average molecular weight is 388 g/mol. The number of fused-ring (bicyclic) bond motifs is 2. The van der Waals surface area contributed by atoms with Crippen LogP contribution in [0.25, 0.3) is 0 Å². The zero-order valence-electron chi connectivity index (χ0n) is 16.2. The van der Waals surface area contributed by atoms with Crippen LogP contribution in [0.2, 0.25) is 0 Å². The molecule has 2 atom stereocenters. The smallest absolute Gasteiger partial charge is 0.228 e. The lowest BCUT2D eigenvalue weighted by atomic mass is 10.1. The van der Waals surface area contributed by atoms with Crippen molar-refractivity contribution in [2.75, 3.05) is 6.54 Å². The number of nitrogens with zero attached hydrogens (tertiary/aromatic N) is 3. The van der Waals surface area contributed by atoms with Crippen molar-refractivity contribution in [3.8, 4) is 0 Å². The van der Waals surface area contributed by atoms with Crippen LogP contribution < -0.4 is 0 Å². The summed E-state index contributed by atoms with van der Waals surface area (Å²) in [6, 6.07) is 10.9. The highest BCUT2D eigenvalue weighted by Crippen LogP contribution is 2.38. The van der Waals surface area contributed by atoms with Crippen molar-refractivity contribution in [1.29, 1.82) is 0 Å². The highest BCUT2D eigenvalue weighted by atomic mass is 32.2. The minimum absolute atomic E-state index is 0.229. The van der Waals surface area contributed by atoms with E-state index >= 15 is 0 Å². The van der Waals surface area contributed by atoms with E-state index in [1.165, 1.54) is 24.8 Å². The van der Waals surface area contributed by atoms with Crippen molar-refractivity contribution in [2.24, 2.45) is 5.92 Å². The van der Waals surface area contributed by atoms with E-state index < -0.39 is 15.1 Å². The van der Waals surface area contributed by atoms with Crippen molar-refractivity contribution in [3.63, 3.8) is 0 Å². The monoisotopic (exact) mass is 387 g/mol. The van der Waals surface area contributed by atoms with Crippen molar-refractivity contribution >= 4 is 9.84 Å². The van der Waals surface area contributed by atoms with Gasteiger partial charge in [0, 0.05) is 25.7 Å². The molecule has 4 rings (SSSR count). The van der Waals surface area contributed by atoms with Gasteiger partial charge in [0.25, 0.3) is 0 Å². The molecule has 5 nitrogen and oxygen atoms in total. The first-order valence-corrected chi connectivity index (χ1v) is 11.6. The summed E-state index contributed by atoms with van der Waals surface area (Å²) in [5, 5.41) is -0.237. The van der Waals surface area contributed by atoms with Gasteiger partial charge in [0.2, 0.25) is 15.0 Å². The number of aromatic nitrogens is 2. The third-order valence-corrected chi connectivity index (χ3v) is 8.21. The molecule has 0 amide bonds. The number of sulfone groups is 1. The van der Waals surface area contributed by atoms with Crippen LogP contribution in [0.3, 0.4) is 0 Å². The Morgan fingerprint density at radius 2 is 1.96 bits per heavy atom. The van der Waals surface area contributed by atoms with Crippen LogP contribution in [0.4, 0.5) is 0 Å². The first-order chi connectivity index (χ1) is 12.9. The van der Waals surface area contributed by atoms with Crippen LogP contribution >= 0.6 is 0 Å². The Balaban J connectivity index is 1.61. The molecule has 0 radical (unpaired) electrons. The highest BCUT2D eigenvalue weighted by molar-refractivity contribution is 7.91. The molecule has 1 aromatic carbocycles. The van der Waals surface area contributed by atoms with Gasteiger partial charge in [-0.25, -0.2) is 13.4 Å². The molecule has 0 N–H and O–H groups in total. The lowest BCUT2D eigenvalue weighted by molar-refractivity contribution is 0.200. The lowest BCUT2D eigenvalue weighted by Crippen LogP contribution is -2.32. The van der Waals surface area contributed by atoms with E-state index in [2.05, 4.69) is 22.0 Å². The van der Waals surface area contributed by atoms with E-state index in [0.717, 1.165) is 31.1 Å². The van der Waals surface area contributed by atoms with Gasteiger partial charge in [-0.1, -0.05) is 30.3 Å². The van der Waals surface area contributed by atoms with Gasteiger partial charge in [0.15, 0.2) is 0 Å². The zero-order valence-corrected chi connectivity index (χ0v) is 17.0. The van der Waals surface area contributed by atoms with Gasteiger partial charge in [-0.15, -0.1) is 0 Å². The van der Waals surface area contributed by atoms with Crippen LogP contribution in [0.5, 0.6) is 0 Å². The Labute approximate surface area is 162 Å². The van der Waals surface area contributed by atoms with Crippen LogP contribution in [0.15, 0.2) is 41.7 Å². The molecule has 2 heterocycles. The zero-order chi connectivity index (χ0) is 19.0. The van der Waals surface area contributed by atoms with Gasteiger partial charge in [-0.3, -0.25) is 4.90 Å². The molecule has 1 saturated heterocycles. The molecule has 1 aliphatic carbocycles. The predicted octanol–water partition coefficient (Wildman–Crippen LogP) is 3.29. The van der Waals surface area contributed by atoms with Crippen molar-refractivity contribution in [2.45, 2.75) is 69.1 Å². The largest absolute Gasteiger partial charge is 0.317 e. The fourth-order valence-corrected chi connectivity index (χ4v) is 5.65. The maximum absolute atomic E-state index is 12.8. The minimum Gasteiger partial charge on any atom is -0.317 e. The summed E-state index contributed by atoms with van der Waals surface area (Å²) in [6.07, 6.45) is 6.51. The fourth-order valence-electron chi connectivity index (χ4n) is 4.51. The van der Waals surface area contributed by atoms with Crippen LogP contribution in [-0.4, -0.2) is 40.7 Å². The second-order valence-electron chi connectivity index (χ2n) is 8.28. The number of hydrogen-bond acceptors (Lipinski definition) is 4. The fraction of sp³-hybridized carbons (Fsp3) is 0.571. The topological polar surface area (TPSA) is 55.2 Å². The van der Waals surface area contributed by atoms with Gasteiger partial charge >= 0.3 is 0 Å². The Kier molecular flexibility index (Phi) is 5.12. The third-order valence-electron chi connectivity index (χ3n) is 6.13. The van der Waals surface area contributed by atoms with E-state index in [9.17, 15) is 8.42 Å². The number of piperidine rings is 1.